The number of hydrogen-bond donors (Lipinski definition) is 1. The molecule has 0 atom stereocenters. The maximum absolute atomic E-state index is 12.0. The van der Waals surface area contributed by atoms with Gasteiger partial charge in [0, 0.05) is 36.6 Å². The fourth-order valence-electron chi connectivity index (χ4n) is 2.44. The van der Waals surface area contributed by atoms with Crippen LogP contribution in [0.3, 0.4) is 0 Å². The molecule has 0 unspecified atom stereocenters. The first-order valence-corrected chi connectivity index (χ1v) is 7.09. The van der Waals surface area contributed by atoms with E-state index in [1.165, 1.54) is 0 Å². The summed E-state index contributed by atoms with van der Waals surface area (Å²) in [5.74, 6) is 0. The zero-order valence-corrected chi connectivity index (χ0v) is 12.3. The molecule has 1 aromatic carbocycles. The van der Waals surface area contributed by atoms with Gasteiger partial charge in [-0.2, -0.15) is 5.10 Å². The second kappa shape index (κ2) is 5.99. The van der Waals surface area contributed by atoms with Gasteiger partial charge in [0.1, 0.15) is 0 Å². The minimum atomic E-state index is -0.0506. The maximum atomic E-state index is 12.0. The highest BCUT2D eigenvalue weighted by atomic mass is 16.3. The Bertz CT molecular complexity index is 835. The van der Waals surface area contributed by atoms with Crippen molar-refractivity contribution >= 4 is 0 Å². The van der Waals surface area contributed by atoms with Crippen LogP contribution in [-0.2, 0) is 13.6 Å². The van der Waals surface area contributed by atoms with Crippen molar-refractivity contribution in [1.82, 2.24) is 14.3 Å². The molecule has 0 fully saturated rings. The molecule has 1 N–H and O–H groups in total. The summed E-state index contributed by atoms with van der Waals surface area (Å²) >= 11 is 0. The van der Waals surface area contributed by atoms with Crippen LogP contribution >= 0.6 is 0 Å². The lowest BCUT2D eigenvalue weighted by molar-refractivity contribution is 0.269. The first kappa shape index (κ1) is 14.3. The summed E-state index contributed by atoms with van der Waals surface area (Å²) in [6.07, 6.45) is 5.45. The molecule has 0 bridgehead atoms. The average molecular weight is 295 g/mol. The lowest BCUT2D eigenvalue weighted by Crippen LogP contribution is -2.15. The minimum Gasteiger partial charge on any atom is -0.394 e. The summed E-state index contributed by atoms with van der Waals surface area (Å²) in [5, 5.41) is 13.2. The monoisotopic (exact) mass is 295 g/mol. The van der Waals surface area contributed by atoms with Gasteiger partial charge in [-0.05, 0) is 11.1 Å². The Balaban J connectivity index is 2.17. The number of aliphatic hydroxyl groups is 1. The van der Waals surface area contributed by atoms with Gasteiger partial charge in [0.05, 0.1) is 19.3 Å². The van der Waals surface area contributed by atoms with Gasteiger partial charge in [-0.25, -0.2) is 0 Å². The van der Waals surface area contributed by atoms with Crippen molar-refractivity contribution in [3.05, 3.63) is 65.3 Å². The summed E-state index contributed by atoms with van der Waals surface area (Å²) in [7, 11) is 1.73. The van der Waals surface area contributed by atoms with Crippen LogP contribution in [0.5, 0.6) is 0 Å². The summed E-state index contributed by atoms with van der Waals surface area (Å²) in [4.78, 5) is 12.0. The SMILES string of the molecule is Cn1cc(-c2cnn(CCO)c2)c(-c2ccccc2)cc1=O. The molecule has 0 saturated heterocycles. The molecule has 0 radical (unpaired) electrons. The topological polar surface area (TPSA) is 60.1 Å². The summed E-state index contributed by atoms with van der Waals surface area (Å²) < 4.78 is 3.25. The Morgan fingerprint density at radius 2 is 1.86 bits per heavy atom. The summed E-state index contributed by atoms with van der Waals surface area (Å²) in [6, 6.07) is 11.5. The molecule has 5 nitrogen and oxygen atoms in total. The Morgan fingerprint density at radius 1 is 1.09 bits per heavy atom. The fourth-order valence-corrected chi connectivity index (χ4v) is 2.44. The highest BCUT2D eigenvalue weighted by Crippen LogP contribution is 2.30. The second-order valence-electron chi connectivity index (χ2n) is 5.13. The molecule has 0 spiro atoms. The van der Waals surface area contributed by atoms with Crippen LogP contribution in [0.25, 0.3) is 22.3 Å². The first-order chi connectivity index (χ1) is 10.7. The van der Waals surface area contributed by atoms with Gasteiger partial charge in [-0.3, -0.25) is 9.48 Å². The van der Waals surface area contributed by atoms with Crippen LogP contribution < -0.4 is 5.56 Å². The molecule has 112 valence electrons. The summed E-state index contributed by atoms with van der Waals surface area (Å²) in [6.45, 7) is 0.492. The highest BCUT2D eigenvalue weighted by molar-refractivity contribution is 5.82. The largest absolute Gasteiger partial charge is 0.394 e. The van der Waals surface area contributed by atoms with Gasteiger partial charge in [0.25, 0.3) is 5.56 Å². The van der Waals surface area contributed by atoms with Gasteiger partial charge in [-0.15, -0.1) is 0 Å². The third kappa shape index (κ3) is 2.71. The van der Waals surface area contributed by atoms with Gasteiger partial charge < -0.3 is 9.67 Å². The van der Waals surface area contributed by atoms with Crippen LogP contribution in [0, 0.1) is 0 Å². The van der Waals surface area contributed by atoms with Gasteiger partial charge in [0.2, 0.25) is 0 Å². The minimum absolute atomic E-state index is 0.0416. The van der Waals surface area contributed by atoms with Crippen LogP contribution in [0.1, 0.15) is 0 Å². The number of pyridine rings is 1. The Labute approximate surface area is 128 Å². The number of hydrogen-bond acceptors (Lipinski definition) is 3. The quantitative estimate of drug-likeness (QED) is 0.800. The van der Waals surface area contributed by atoms with E-state index in [1.54, 1.807) is 28.6 Å². The van der Waals surface area contributed by atoms with E-state index < -0.39 is 0 Å². The Kier molecular flexibility index (Phi) is 3.89. The van der Waals surface area contributed by atoms with E-state index in [0.29, 0.717) is 6.54 Å². The summed E-state index contributed by atoms with van der Waals surface area (Å²) in [5.41, 5.74) is 3.68. The molecule has 3 rings (SSSR count). The third-order valence-corrected chi connectivity index (χ3v) is 3.59. The molecule has 2 heterocycles. The zero-order chi connectivity index (χ0) is 15.5. The van der Waals surface area contributed by atoms with E-state index in [2.05, 4.69) is 5.10 Å². The average Bonchev–Trinajstić information content (AvgIpc) is 2.99. The van der Waals surface area contributed by atoms with Crippen molar-refractivity contribution in [2.24, 2.45) is 7.05 Å². The number of aryl methyl sites for hydroxylation is 1. The van der Waals surface area contributed by atoms with E-state index in [1.807, 2.05) is 42.7 Å². The van der Waals surface area contributed by atoms with E-state index in [9.17, 15) is 4.79 Å². The van der Waals surface area contributed by atoms with E-state index in [0.717, 1.165) is 22.3 Å². The number of rotatable bonds is 4. The normalized spacial score (nSPS) is 10.8. The van der Waals surface area contributed by atoms with Crippen molar-refractivity contribution < 1.29 is 5.11 Å². The van der Waals surface area contributed by atoms with Gasteiger partial charge >= 0.3 is 0 Å². The molecule has 0 aliphatic carbocycles. The lowest BCUT2D eigenvalue weighted by atomic mass is 9.98. The Morgan fingerprint density at radius 3 is 2.59 bits per heavy atom. The van der Waals surface area contributed by atoms with Crippen molar-refractivity contribution in [3.63, 3.8) is 0 Å². The zero-order valence-electron chi connectivity index (χ0n) is 12.3. The van der Waals surface area contributed by atoms with Crippen molar-refractivity contribution in [1.29, 1.82) is 0 Å². The molecular weight excluding hydrogens is 278 g/mol. The second-order valence-corrected chi connectivity index (χ2v) is 5.13. The predicted octanol–water partition coefficient (Wildman–Crippen LogP) is 1.91. The molecule has 0 aliphatic heterocycles. The molecule has 0 saturated carbocycles. The van der Waals surface area contributed by atoms with Gasteiger partial charge in [0.15, 0.2) is 0 Å². The molecule has 0 aliphatic rings. The maximum Gasteiger partial charge on any atom is 0.250 e. The predicted molar refractivity (Wildman–Crippen MR) is 85.4 cm³/mol. The van der Waals surface area contributed by atoms with E-state index in [4.69, 9.17) is 5.11 Å². The van der Waals surface area contributed by atoms with E-state index in [-0.39, 0.29) is 12.2 Å². The first-order valence-electron chi connectivity index (χ1n) is 7.09. The molecule has 2 aromatic heterocycles. The standard InChI is InChI=1S/C17H17N3O2/c1-19-12-16(14-10-18-20(11-14)7-8-21)15(9-17(19)22)13-5-3-2-4-6-13/h2-6,9-12,21H,7-8H2,1H3. The highest BCUT2D eigenvalue weighted by Gasteiger charge is 2.11. The van der Waals surface area contributed by atoms with Crippen LogP contribution in [-0.4, -0.2) is 26.1 Å². The van der Waals surface area contributed by atoms with Crippen molar-refractivity contribution in [3.8, 4) is 22.3 Å². The molecular formula is C17H17N3O2. The number of nitrogens with zero attached hydrogens (tertiary/aromatic N) is 3. The fraction of sp³-hybridized carbons (Fsp3) is 0.176. The van der Waals surface area contributed by atoms with Crippen LogP contribution in [0.15, 0.2) is 59.8 Å². The number of benzene rings is 1. The molecule has 5 heteroatoms. The van der Waals surface area contributed by atoms with Crippen molar-refractivity contribution in [2.75, 3.05) is 6.61 Å². The third-order valence-electron chi connectivity index (χ3n) is 3.59. The van der Waals surface area contributed by atoms with Gasteiger partial charge in [-0.1, -0.05) is 30.3 Å². The van der Waals surface area contributed by atoms with Crippen LogP contribution in [0.2, 0.25) is 0 Å². The number of aromatic nitrogens is 3. The smallest absolute Gasteiger partial charge is 0.250 e. The Hall–Kier alpha value is -2.66. The lowest BCUT2D eigenvalue weighted by Gasteiger charge is -2.10. The molecule has 0 amide bonds. The molecule has 3 aromatic rings. The molecule has 22 heavy (non-hydrogen) atoms. The van der Waals surface area contributed by atoms with Crippen molar-refractivity contribution in [2.45, 2.75) is 6.54 Å². The van der Waals surface area contributed by atoms with Crippen LogP contribution in [0.4, 0.5) is 0 Å². The van der Waals surface area contributed by atoms with E-state index >= 15 is 0 Å². The number of aliphatic hydroxyl groups excluding tert-OH is 1.